The maximum Gasteiger partial charge on any atom is 0.154 e. The molecule has 0 saturated carbocycles. The van der Waals surface area contributed by atoms with Crippen LogP contribution in [0.25, 0.3) is 16.5 Å². The molecule has 0 fully saturated rings. The van der Waals surface area contributed by atoms with Crippen molar-refractivity contribution in [3.8, 4) is 21.9 Å². The number of rotatable bonds is 4. The standard InChI is InChI=1S/C16H11FN2OS/c1-2-16-19-10-15(21-16)13-7-8-18-9-14(13)20-12-5-3-11(17)4-6-12/h2-10H,1H2. The van der Waals surface area contributed by atoms with E-state index < -0.39 is 0 Å². The van der Waals surface area contributed by atoms with Gasteiger partial charge in [-0.2, -0.15) is 0 Å². The fourth-order valence-electron chi connectivity index (χ4n) is 1.80. The largest absolute Gasteiger partial charge is 0.455 e. The van der Waals surface area contributed by atoms with E-state index in [0.29, 0.717) is 11.5 Å². The highest BCUT2D eigenvalue weighted by atomic mass is 32.1. The summed E-state index contributed by atoms with van der Waals surface area (Å²) >= 11 is 1.52. The SMILES string of the molecule is C=Cc1ncc(-c2ccncc2Oc2ccc(F)cc2)s1. The van der Waals surface area contributed by atoms with Crippen LogP contribution in [0.15, 0.2) is 55.5 Å². The molecule has 21 heavy (non-hydrogen) atoms. The zero-order chi connectivity index (χ0) is 14.7. The van der Waals surface area contributed by atoms with Crippen molar-refractivity contribution >= 4 is 17.4 Å². The Hall–Kier alpha value is -2.53. The Labute approximate surface area is 125 Å². The van der Waals surface area contributed by atoms with Crippen molar-refractivity contribution in [1.82, 2.24) is 9.97 Å². The lowest BCUT2D eigenvalue weighted by Gasteiger charge is -2.09. The van der Waals surface area contributed by atoms with Gasteiger partial charge in [-0.25, -0.2) is 9.37 Å². The third-order valence-corrected chi connectivity index (χ3v) is 3.82. The fourth-order valence-corrected chi connectivity index (χ4v) is 2.60. The second kappa shape index (κ2) is 5.85. The van der Waals surface area contributed by atoms with E-state index in [9.17, 15) is 4.39 Å². The van der Waals surface area contributed by atoms with Crippen LogP contribution in [0.1, 0.15) is 5.01 Å². The molecule has 0 amide bonds. The van der Waals surface area contributed by atoms with Gasteiger partial charge in [0.25, 0.3) is 0 Å². The van der Waals surface area contributed by atoms with Gasteiger partial charge in [0.1, 0.15) is 16.6 Å². The molecule has 5 heteroatoms. The molecule has 0 aliphatic carbocycles. The first-order valence-corrected chi connectivity index (χ1v) is 7.04. The number of halogens is 1. The van der Waals surface area contributed by atoms with E-state index in [0.717, 1.165) is 15.4 Å². The second-order valence-electron chi connectivity index (χ2n) is 4.19. The molecule has 2 heterocycles. The second-order valence-corrected chi connectivity index (χ2v) is 5.26. The highest BCUT2D eigenvalue weighted by Gasteiger charge is 2.10. The first kappa shape index (κ1) is 13.5. The number of aromatic nitrogens is 2. The smallest absolute Gasteiger partial charge is 0.154 e. The van der Waals surface area contributed by atoms with Crippen LogP contribution >= 0.6 is 11.3 Å². The summed E-state index contributed by atoms with van der Waals surface area (Å²) in [7, 11) is 0. The number of thiazole rings is 1. The molecule has 1 aromatic carbocycles. The summed E-state index contributed by atoms with van der Waals surface area (Å²) in [5, 5.41) is 0.842. The molecule has 2 aromatic heterocycles. The number of ether oxygens (including phenoxy) is 1. The molecule has 0 aliphatic rings. The molecule has 0 N–H and O–H groups in total. The fraction of sp³-hybridized carbons (Fsp3) is 0. The minimum Gasteiger partial charge on any atom is -0.455 e. The predicted molar refractivity (Wildman–Crippen MR) is 81.9 cm³/mol. The van der Waals surface area contributed by atoms with E-state index in [1.165, 1.54) is 23.5 Å². The molecule has 0 spiro atoms. The van der Waals surface area contributed by atoms with Crippen LogP contribution in [-0.2, 0) is 0 Å². The van der Waals surface area contributed by atoms with Crippen molar-refractivity contribution in [3.63, 3.8) is 0 Å². The molecule has 0 unspecified atom stereocenters. The lowest BCUT2D eigenvalue weighted by Crippen LogP contribution is -1.88. The monoisotopic (exact) mass is 298 g/mol. The molecule has 0 bridgehead atoms. The summed E-state index contributed by atoms with van der Waals surface area (Å²) in [6.07, 6.45) is 6.80. The first-order chi connectivity index (χ1) is 10.3. The van der Waals surface area contributed by atoms with Gasteiger partial charge >= 0.3 is 0 Å². The molecular weight excluding hydrogens is 287 g/mol. The van der Waals surface area contributed by atoms with Gasteiger partial charge < -0.3 is 4.74 Å². The molecule has 0 atom stereocenters. The maximum absolute atomic E-state index is 12.9. The number of hydrogen-bond donors (Lipinski definition) is 0. The third-order valence-electron chi connectivity index (χ3n) is 2.79. The summed E-state index contributed by atoms with van der Waals surface area (Å²) in [6.45, 7) is 3.71. The molecule has 104 valence electrons. The van der Waals surface area contributed by atoms with Crippen molar-refractivity contribution < 1.29 is 9.13 Å². The van der Waals surface area contributed by atoms with E-state index in [2.05, 4.69) is 16.5 Å². The normalized spacial score (nSPS) is 10.3. The Morgan fingerprint density at radius 3 is 2.67 bits per heavy atom. The summed E-state index contributed by atoms with van der Waals surface area (Å²) in [5.74, 6) is 0.856. The lowest BCUT2D eigenvalue weighted by molar-refractivity contribution is 0.480. The molecule has 3 rings (SSSR count). The Morgan fingerprint density at radius 1 is 1.14 bits per heavy atom. The van der Waals surface area contributed by atoms with Crippen molar-refractivity contribution in [1.29, 1.82) is 0 Å². The van der Waals surface area contributed by atoms with E-state index in [-0.39, 0.29) is 5.82 Å². The van der Waals surface area contributed by atoms with Crippen LogP contribution in [0, 0.1) is 5.82 Å². The highest BCUT2D eigenvalue weighted by molar-refractivity contribution is 7.16. The Morgan fingerprint density at radius 2 is 1.95 bits per heavy atom. The van der Waals surface area contributed by atoms with E-state index >= 15 is 0 Å². The number of benzene rings is 1. The predicted octanol–water partition coefficient (Wildman–Crippen LogP) is 4.78. The van der Waals surface area contributed by atoms with Gasteiger partial charge in [0.05, 0.1) is 11.1 Å². The van der Waals surface area contributed by atoms with E-state index in [4.69, 9.17) is 4.74 Å². The van der Waals surface area contributed by atoms with Gasteiger partial charge in [-0.05, 0) is 36.4 Å². The summed E-state index contributed by atoms with van der Waals surface area (Å²) < 4.78 is 18.7. The molecular formula is C16H11FN2OS. The van der Waals surface area contributed by atoms with Gasteiger partial charge in [0.2, 0.25) is 0 Å². The first-order valence-electron chi connectivity index (χ1n) is 6.22. The van der Waals surface area contributed by atoms with Gasteiger partial charge in [0.15, 0.2) is 5.75 Å². The van der Waals surface area contributed by atoms with Gasteiger partial charge in [-0.1, -0.05) is 6.58 Å². The van der Waals surface area contributed by atoms with E-state index in [1.54, 1.807) is 36.8 Å². The minimum absolute atomic E-state index is 0.299. The zero-order valence-electron chi connectivity index (χ0n) is 11.0. The third kappa shape index (κ3) is 2.98. The van der Waals surface area contributed by atoms with E-state index in [1.807, 2.05) is 6.07 Å². The van der Waals surface area contributed by atoms with Crippen molar-refractivity contribution in [2.75, 3.05) is 0 Å². The van der Waals surface area contributed by atoms with Crippen LogP contribution in [0.5, 0.6) is 11.5 Å². The van der Waals surface area contributed by atoms with Crippen molar-refractivity contribution in [3.05, 3.63) is 66.3 Å². The van der Waals surface area contributed by atoms with Crippen LogP contribution in [-0.4, -0.2) is 9.97 Å². The summed E-state index contributed by atoms with van der Waals surface area (Å²) in [5.41, 5.74) is 0.889. The molecule has 3 aromatic rings. The molecule has 3 nitrogen and oxygen atoms in total. The van der Waals surface area contributed by atoms with Crippen LogP contribution in [0.2, 0.25) is 0 Å². The molecule has 0 saturated heterocycles. The minimum atomic E-state index is -0.299. The van der Waals surface area contributed by atoms with Crippen LogP contribution in [0.3, 0.4) is 0 Å². The Balaban J connectivity index is 1.95. The van der Waals surface area contributed by atoms with Crippen molar-refractivity contribution in [2.45, 2.75) is 0 Å². The van der Waals surface area contributed by atoms with Crippen molar-refractivity contribution in [2.24, 2.45) is 0 Å². The average Bonchev–Trinajstić information content (AvgIpc) is 2.99. The Bertz CT molecular complexity index is 768. The quantitative estimate of drug-likeness (QED) is 0.695. The highest BCUT2D eigenvalue weighted by Crippen LogP contribution is 2.35. The van der Waals surface area contributed by atoms with Gasteiger partial charge in [-0.3, -0.25) is 4.98 Å². The molecule has 0 aliphatic heterocycles. The zero-order valence-corrected chi connectivity index (χ0v) is 11.8. The van der Waals surface area contributed by atoms with Crippen LogP contribution in [0.4, 0.5) is 4.39 Å². The number of pyridine rings is 1. The van der Waals surface area contributed by atoms with Gasteiger partial charge in [0, 0.05) is 18.0 Å². The Kier molecular flexibility index (Phi) is 3.75. The summed E-state index contributed by atoms with van der Waals surface area (Å²) in [6, 6.07) is 7.73. The van der Waals surface area contributed by atoms with Gasteiger partial charge in [-0.15, -0.1) is 11.3 Å². The molecule has 0 radical (unpaired) electrons. The maximum atomic E-state index is 12.9. The number of hydrogen-bond acceptors (Lipinski definition) is 4. The topological polar surface area (TPSA) is 35.0 Å². The summed E-state index contributed by atoms with van der Waals surface area (Å²) in [4.78, 5) is 9.28. The average molecular weight is 298 g/mol. The lowest BCUT2D eigenvalue weighted by atomic mass is 10.2. The number of nitrogens with zero attached hydrogens (tertiary/aromatic N) is 2. The van der Waals surface area contributed by atoms with Crippen LogP contribution < -0.4 is 4.74 Å².